The van der Waals surface area contributed by atoms with Gasteiger partial charge in [-0.3, -0.25) is 9.88 Å². The Morgan fingerprint density at radius 1 is 1.45 bits per heavy atom. The van der Waals surface area contributed by atoms with Crippen LogP contribution in [0, 0.1) is 5.92 Å². The van der Waals surface area contributed by atoms with Crippen LogP contribution >= 0.6 is 0 Å². The molecular weight excluding hydrogens is 284 g/mol. The highest BCUT2D eigenvalue weighted by molar-refractivity contribution is 5.81. The van der Waals surface area contributed by atoms with E-state index >= 15 is 0 Å². The Balaban J connectivity index is 2.06. The lowest BCUT2D eigenvalue weighted by Gasteiger charge is -2.26. The van der Waals surface area contributed by atoms with Crippen molar-refractivity contribution < 1.29 is 19.4 Å². The summed E-state index contributed by atoms with van der Waals surface area (Å²) in [5, 5.41) is 9.35. The van der Waals surface area contributed by atoms with Gasteiger partial charge in [-0.1, -0.05) is 6.07 Å². The van der Waals surface area contributed by atoms with Crippen molar-refractivity contribution in [2.75, 3.05) is 6.54 Å². The molecule has 120 valence electrons. The van der Waals surface area contributed by atoms with Crippen molar-refractivity contribution in [3.63, 3.8) is 0 Å². The van der Waals surface area contributed by atoms with E-state index in [1.807, 2.05) is 12.1 Å². The van der Waals surface area contributed by atoms with Crippen LogP contribution in [0.2, 0.25) is 0 Å². The molecule has 1 aromatic heterocycles. The van der Waals surface area contributed by atoms with Gasteiger partial charge in [0.05, 0.1) is 0 Å². The zero-order valence-corrected chi connectivity index (χ0v) is 13.2. The fourth-order valence-corrected chi connectivity index (χ4v) is 2.68. The number of amides is 1. The highest BCUT2D eigenvalue weighted by atomic mass is 16.6. The molecule has 1 fully saturated rings. The van der Waals surface area contributed by atoms with E-state index in [-0.39, 0.29) is 5.92 Å². The van der Waals surface area contributed by atoms with Gasteiger partial charge in [-0.15, -0.1) is 0 Å². The van der Waals surface area contributed by atoms with Gasteiger partial charge >= 0.3 is 12.1 Å². The van der Waals surface area contributed by atoms with E-state index < -0.39 is 23.7 Å². The Morgan fingerprint density at radius 3 is 2.73 bits per heavy atom. The van der Waals surface area contributed by atoms with Crippen molar-refractivity contribution in [3.8, 4) is 0 Å². The summed E-state index contributed by atoms with van der Waals surface area (Å²) in [7, 11) is 0. The van der Waals surface area contributed by atoms with Crippen LogP contribution in [0.4, 0.5) is 4.79 Å². The van der Waals surface area contributed by atoms with Gasteiger partial charge in [0.1, 0.15) is 11.6 Å². The molecule has 1 aliphatic heterocycles. The standard InChI is InChI=1S/C16H22N2O4/c1-16(2,3)22-15(21)18-10-12(8-13(18)14(19)20)7-11-5-4-6-17-9-11/h4-6,9,12-13H,7-8,10H2,1-3H3,(H,19,20). The van der Waals surface area contributed by atoms with Crippen molar-refractivity contribution in [2.24, 2.45) is 5.92 Å². The number of aliphatic carboxylic acids is 1. The second-order valence-electron chi connectivity index (χ2n) is 6.65. The Hall–Kier alpha value is -2.11. The average Bonchev–Trinajstić information content (AvgIpc) is 2.82. The molecule has 0 spiro atoms. The van der Waals surface area contributed by atoms with Crippen LogP contribution in [0.15, 0.2) is 24.5 Å². The molecule has 6 heteroatoms. The van der Waals surface area contributed by atoms with E-state index in [9.17, 15) is 14.7 Å². The molecule has 0 saturated carbocycles. The summed E-state index contributed by atoms with van der Waals surface area (Å²) in [5.74, 6) is -0.891. The third-order valence-electron chi connectivity index (χ3n) is 3.55. The van der Waals surface area contributed by atoms with Crippen LogP contribution in [-0.4, -0.2) is 45.2 Å². The fraction of sp³-hybridized carbons (Fsp3) is 0.562. The van der Waals surface area contributed by atoms with Crippen molar-refractivity contribution in [3.05, 3.63) is 30.1 Å². The lowest BCUT2D eigenvalue weighted by molar-refractivity contribution is -0.142. The Morgan fingerprint density at radius 2 is 2.18 bits per heavy atom. The first-order chi connectivity index (χ1) is 10.3. The van der Waals surface area contributed by atoms with E-state index in [0.717, 1.165) is 5.56 Å². The molecular formula is C16H22N2O4. The number of aromatic nitrogens is 1. The van der Waals surface area contributed by atoms with E-state index in [1.54, 1.807) is 33.2 Å². The zero-order chi connectivity index (χ0) is 16.3. The Bertz CT molecular complexity index is 539. The van der Waals surface area contributed by atoms with Gasteiger partial charge in [0.15, 0.2) is 0 Å². The van der Waals surface area contributed by atoms with E-state index in [2.05, 4.69) is 4.98 Å². The summed E-state index contributed by atoms with van der Waals surface area (Å²) in [6.45, 7) is 5.69. The fourth-order valence-electron chi connectivity index (χ4n) is 2.68. The van der Waals surface area contributed by atoms with Gasteiger partial charge < -0.3 is 9.84 Å². The molecule has 1 N–H and O–H groups in total. The zero-order valence-electron chi connectivity index (χ0n) is 13.2. The molecule has 1 saturated heterocycles. The summed E-state index contributed by atoms with van der Waals surface area (Å²) in [6, 6.07) is 2.99. The van der Waals surface area contributed by atoms with Gasteiger partial charge in [0.25, 0.3) is 0 Å². The lowest BCUT2D eigenvalue weighted by atomic mass is 9.98. The van der Waals surface area contributed by atoms with E-state index in [1.165, 1.54) is 4.90 Å². The predicted molar refractivity (Wildman–Crippen MR) is 80.4 cm³/mol. The first-order valence-electron chi connectivity index (χ1n) is 7.37. The molecule has 0 bridgehead atoms. The van der Waals surface area contributed by atoms with Crippen LogP contribution in [0.1, 0.15) is 32.8 Å². The van der Waals surface area contributed by atoms with E-state index in [4.69, 9.17) is 4.74 Å². The molecule has 2 unspecified atom stereocenters. The third-order valence-corrected chi connectivity index (χ3v) is 3.55. The Kier molecular flexibility index (Phi) is 4.68. The molecule has 1 aliphatic rings. The maximum absolute atomic E-state index is 12.2. The summed E-state index contributed by atoms with van der Waals surface area (Å²) in [4.78, 5) is 29.0. The van der Waals surface area contributed by atoms with Gasteiger partial charge in [-0.25, -0.2) is 9.59 Å². The second kappa shape index (κ2) is 6.34. The van der Waals surface area contributed by atoms with Crippen molar-refractivity contribution >= 4 is 12.1 Å². The number of rotatable bonds is 3. The lowest BCUT2D eigenvalue weighted by Crippen LogP contribution is -2.43. The van der Waals surface area contributed by atoms with Crippen LogP contribution in [0.25, 0.3) is 0 Å². The number of carbonyl (C=O) groups excluding carboxylic acids is 1. The van der Waals surface area contributed by atoms with Crippen LogP contribution in [-0.2, 0) is 16.0 Å². The minimum Gasteiger partial charge on any atom is -0.480 e. The van der Waals surface area contributed by atoms with Crippen molar-refractivity contribution in [1.29, 1.82) is 0 Å². The quantitative estimate of drug-likeness (QED) is 0.927. The molecule has 1 aromatic rings. The molecule has 22 heavy (non-hydrogen) atoms. The van der Waals surface area contributed by atoms with Gasteiger partial charge in [0, 0.05) is 18.9 Å². The highest BCUT2D eigenvalue weighted by Crippen LogP contribution is 2.28. The number of hydrogen-bond donors (Lipinski definition) is 1. The number of ether oxygens (including phenoxy) is 1. The summed E-state index contributed by atoms with van der Waals surface area (Å²) < 4.78 is 5.31. The first-order valence-corrected chi connectivity index (χ1v) is 7.37. The number of hydrogen-bond acceptors (Lipinski definition) is 4. The number of carboxylic acids is 1. The van der Waals surface area contributed by atoms with Gasteiger partial charge in [-0.2, -0.15) is 0 Å². The van der Waals surface area contributed by atoms with Crippen molar-refractivity contribution in [2.45, 2.75) is 45.3 Å². The minimum atomic E-state index is -0.987. The van der Waals surface area contributed by atoms with Crippen LogP contribution in [0.3, 0.4) is 0 Å². The maximum atomic E-state index is 12.2. The normalized spacial score (nSPS) is 21.7. The summed E-state index contributed by atoms with van der Waals surface area (Å²) >= 11 is 0. The van der Waals surface area contributed by atoms with E-state index in [0.29, 0.717) is 19.4 Å². The van der Waals surface area contributed by atoms with Crippen LogP contribution < -0.4 is 0 Å². The monoisotopic (exact) mass is 306 g/mol. The topological polar surface area (TPSA) is 79.7 Å². The highest BCUT2D eigenvalue weighted by Gasteiger charge is 2.41. The first kappa shape index (κ1) is 16.3. The number of carbonyl (C=O) groups is 2. The smallest absolute Gasteiger partial charge is 0.411 e. The number of pyridine rings is 1. The second-order valence-corrected chi connectivity index (χ2v) is 6.65. The van der Waals surface area contributed by atoms with Crippen LogP contribution in [0.5, 0.6) is 0 Å². The molecule has 0 aliphatic carbocycles. The minimum absolute atomic E-state index is 0.0952. The number of nitrogens with zero attached hydrogens (tertiary/aromatic N) is 2. The van der Waals surface area contributed by atoms with Gasteiger partial charge in [-0.05, 0) is 51.2 Å². The molecule has 1 amide bonds. The number of carboxylic acid groups (broad SMARTS) is 1. The molecule has 0 aromatic carbocycles. The molecule has 2 heterocycles. The summed E-state index contributed by atoms with van der Waals surface area (Å²) in [5.41, 5.74) is 0.407. The predicted octanol–water partition coefficient (Wildman–Crippen LogP) is 2.33. The third kappa shape index (κ3) is 4.19. The Labute approximate surface area is 130 Å². The average molecular weight is 306 g/mol. The van der Waals surface area contributed by atoms with Gasteiger partial charge in [0.2, 0.25) is 0 Å². The van der Waals surface area contributed by atoms with Crippen molar-refractivity contribution in [1.82, 2.24) is 9.88 Å². The largest absolute Gasteiger partial charge is 0.480 e. The number of likely N-dealkylation sites (tertiary alicyclic amines) is 1. The molecule has 6 nitrogen and oxygen atoms in total. The molecule has 2 atom stereocenters. The SMILES string of the molecule is CC(C)(C)OC(=O)N1CC(Cc2cccnc2)CC1C(=O)O. The summed E-state index contributed by atoms with van der Waals surface area (Å²) in [6.07, 6.45) is 4.05. The maximum Gasteiger partial charge on any atom is 0.411 e. The molecule has 2 rings (SSSR count). The molecule has 0 radical (unpaired) electrons.